The van der Waals surface area contributed by atoms with Gasteiger partial charge in [0.2, 0.25) is 0 Å². The second-order valence-electron chi connectivity index (χ2n) is 2.28. The van der Waals surface area contributed by atoms with E-state index in [0.717, 1.165) is 6.42 Å². The van der Waals surface area contributed by atoms with Crippen molar-refractivity contribution < 1.29 is 0 Å². The Labute approximate surface area is 66.1 Å². The van der Waals surface area contributed by atoms with Crippen LogP contribution in [0.1, 0.15) is 30.8 Å². The predicted octanol–water partition coefficient (Wildman–Crippen LogP) is 2.46. The van der Waals surface area contributed by atoms with E-state index in [4.69, 9.17) is 0 Å². The first kappa shape index (κ1) is 7.73. The molecule has 0 bridgehead atoms. The van der Waals surface area contributed by atoms with Gasteiger partial charge in [0, 0.05) is 4.88 Å². The topological polar surface area (TPSA) is 12.9 Å². The summed E-state index contributed by atoms with van der Waals surface area (Å²) >= 11 is 1.66. The van der Waals surface area contributed by atoms with Gasteiger partial charge in [-0.3, -0.25) is 0 Å². The highest BCUT2D eigenvalue weighted by Gasteiger charge is 2.01. The van der Waals surface area contributed by atoms with E-state index < -0.39 is 0 Å². The summed E-state index contributed by atoms with van der Waals surface area (Å²) in [5.41, 5.74) is 4.17. The van der Waals surface area contributed by atoms with Crippen molar-refractivity contribution >= 4 is 11.3 Å². The minimum Gasteiger partial charge on any atom is -0.238 e. The summed E-state index contributed by atoms with van der Waals surface area (Å²) in [6, 6.07) is 0. The molecular weight excluding hydrogens is 142 g/mol. The molecule has 0 saturated carbocycles. The van der Waals surface area contributed by atoms with Gasteiger partial charge in [-0.2, -0.15) is 0 Å². The third kappa shape index (κ3) is 1.57. The van der Waals surface area contributed by atoms with Gasteiger partial charge in [0.1, 0.15) is 0 Å². The molecule has 0 fully saturated rings. The molecule has 0 aliphatic carbocycles. The van der Waals surface area contributed by atoms with Crippen LogP contribution in [0.4, 0.5) is 0 Å². The molecule has 0 N–H and O–H groups in total. The Hall–Kier alpha value is -0.370. The van der Waals surface area contributed by atoms with E-state index in [9.17, 15) is 0 Å². The fraction of sp³-hybridized carbons (Fsp3) is 0.625. The summed E-state index contributed by atoms with van der Waals surface area (Å²) in [5, 5.41) is 0. The van der Waals surface area contributed by atoms with Crippen LogP contribution in [-0.4, -0.2) is 4.98 Å². The van der Waals surface area contributed by atoms with Crippen molar-refractivity contribution in [1.29, 1.82) is 0 Å². The minimum absolute atomic E-state index is 1.05. The van der Waals surface area contributed by atoms with E-state index in [1.807, 2.05) is 0 Å². The molecule has 1 aromatic rings. The van der Waals surface area contributed by atoms with Crippen molar-refractivity contribution in [3.05, 3.63) is 16.1 Å². The van der Waals surface area contributed by atoms with Crippen LogP contribution in [0, 0.1) is 5.51 Å². The Balaban J connectivity index is 2.70. The van der Waals surface area contributed by atoms with Crippen LogP contribution < -0.4 is 0 Å². The summed E-state index contributed by atoms with van der Waals surface area (Å²) in [5.74, 6) is 0. The van der Waals surface area contributed by atoms with Gasteiger partial charge in [-0.05, 0) is 12.8 Å². The monoisotopic (exact) mass is 154 g/mol. The van der Waals surface area contributed by atoms with Gasteiger partial charge in [0.15, 0.2) is 5.51 Å². The van der Waals surface area contributed by atoms with Crippen LogP contribution in [0.5, 0.6) is 0 Å². The molecule has 0 atom stereocenters. The molecule has 0 unspecified atom stereocenters. The van der Waals surface area contributed by atoms with Gasteiger partial charge in [-0.15, -0.1) is 11.3 Å². The lowest BCUT2D eigenvalue weighted by Crippen LogP contribution is -1.86. The highest BCUT2D eigenvalue weighted by Crippen LogP contribution is 2.14. The summed E-state index contributed by atoms with van der Waals surface area (Å²) in [6.45, 7) is 4.33. The number of thiazole rings is 1. The first-order chi connectivity index (χ1) is 4.88. The van der Waals surface area contributed by atoms with Crippen LogP contribution in [0.15, 0.2) is 0 Å². The normalized spacial score (nSPS) is 10.2. The Morgan fingerprint density at radius 1 is 1.50 bits per heavy atom. The quantitative estimate of drug-likeness (QED) is 0.651. The average Bonchev–Trinajstić information content (AvgIpc) is 2.36. The maximum atomic E-state index is 4.15. The predicted molar refractivity (Wildman–Crippen MR) is 44.3 cm³/mol. The van der Waals surface area contributed by atoms with E-state index in [1.165, 1.54) is 23.4 Å². The van der Waals surface area contributed by atoms with Gasteiger partial charge in [-0.25, -0.2) is 4.98 Å². The molecule has 0 saturated heterocycles. The van der Waals surface area contributed by atoms with Crippen LogP contribution >= 0.6 is 11.3 Å². The highest BCUT2D eigenvalue weighted by atomic mass is 32.1. The number of hydrogen-bond donors (Lipinski definition) is 0. The smallest absolute Gasteiger partial charge is 0.152 e. The van der Waals surface area contributed by atoms with Gasteiger partial charge in [0.05, 0.1) is 5.69 Å². The summed E-state index contributed by atoms with van der Waals surface area (Å²) in [6.07, 6.45) is 3.43. The molecule has 55 valence electrons. The van der Waals surface area contributed by atoms with Crippen LogP contribution in [0.3, 0.4) is 0 Å². The fourth-order valence-corrected chi connectivity index (χ4v) is 1.83. The van der Waals surface area contributed by atoms with Crippen LogP contribution in [0.25, 0.3) is 0 Å². The number of nitrogens with zero attached hydrogens (tertiary/aromatic N) is 1. The first-order valence-corrected chi connectivity index (χ1v) is 4.54. The minimum atomic E-state index is 1.05. The Kier molecular flexibility index (Phi) is 2.87. The number of hydrogen-bond acceptors (Lipinski definition) is 2. The van der Waals surface area contributed by atoms with E-state index >= 15 is 0 Å². The number of aromatic nitrogens is 1. The van der Waals surface area contributed by atoms with Crippen molar-refractivity contribution in [2.24, 2.45) is 0 Å². The molecule has 10 heavy (non-hydrogen) atoms. The Morgan fingerprint density at radius 3 is 2.90 bits per heavy atom. The summed E-state index contributed by atoms with van der Waals surface area (Å²) in [7, 11) is 0. The zero-order valence-corrected chi connectivity index (χ0v) is 7.29. The van der Waals surface area contributed by atoms with Crippen molar-refractivity contribution in [3.8, 4) is 0 Å². The zero-order chi connectivity index (χ0) is 7.40. The largest absolute Gasteiger partial charge is 0.238 e. The van der Waals surface area contributed by atoms with Crippen LogP contribution in [-0.2, 0) is 12.8 Å². The molecule has 1 aromatic heterocycles. The van der Waals surface area contributed by atoms with Crippen LogP contribution in [0.2, 0.25) is 0 Å². The van der Waals surface area contributed by atoms with Gasteiger partial charge >= 0.3 is 0 Å². The van der Waals surface area contributed by atoms with E-state index in [0.29, 0.717) is 0 Å². The maximum absolute atomic E-state index is 4.15. The second kappa shape index (κ2) is 3.71. The zero-order valence-electron chi connectivity index (χ0n) is 6.48. The summed E-state index contributed by atoms with van der Waals surface area (Å²) < 4.78 is 0. The molecule has 1 nitrogen and oxygen atoms in total. The average molecular weight is 154 g/mol. The van der Waals surface area contributed by atoms with Crippen molar-refractivity contribution in [2.45, 2.75) is 33.1 Å². The molecule has 0 aromatic carbocycles. The van der Waals surface area contributed by atoms with E-state index in [1.54, 1.807) is 11.3 Å². The van der Waals surface area contributed by atoms with Crippen molar-refractivity contribution in [1.82, 2.24) is 4.98 Å². The Morgan fingerprint density at radius 2 is 2.30 bits per heavy atom. The summed E-state index contributed by atoms with van der Waals surface area (Å²) in [4.78, 5) is 5.57. The van der Waals surface area contributed by atoms with Gasteiger partial charge in [0.25, 0.3) is 0 Å². The Bertz CT molecular complexity index is 193. The van der Waals surface area contributed by atoms with Crippen molar-refractivity contribution in [3.63, 3.8) is 0 Å². The fourth-order valence-electron chi connectivity index (χ4n) is 0.953. The van der Waals surface area contributed by atoms with E-state index in [-0.39, 0.29) is 0 Å². The second-order valence-corrected chi connectivity index (χ2v) is 3.16. The number of aryl methyl sites for hydroxylation is 2. The molecule has 0 aliphatic rings. The molecule has 1 heterocycles. The molecular formula is C8H12NS. The van der Waals surface area contributed by atoms with E-state index in [2.05, 4.69) is 24.3 Å². The molecule has 0 amide bonds. The molecule has 2 heteroatoms. The molecule has 0 spiro atoms. The van der Waals surface area contributed by atoms with Gasteiger partial charge in [-0.1, -0.05) is 20.3 Å². The standard InChI is InChI=1S/C8H12NS/c1-3-5-8-7(4-2)9-6-10-8/h3-5H2,1-2H3. The maximum Gasteiger partial charge on any atom is 0.152 e. The van der Waals surface area contributed by atoms with Crippen molar-refractivity contribution in [2.75, 3.05) is 0 Å². The third-order valence-electron chi connectivity index (χ3n) is 1.48. The lowest BCUT2D eigenvalue weighted by atomic mass is 10.2. The SMILES string of the molecule is CCCc1s[c]nc1CC. The van der Waals surface area contributed by atoms with Gasteiger partial charge < -0.3 is 0 Å². The lowest BCUT2D eigenvalue weighted by Gasteiger charge is -1.94. The first-order valence-electron chi connectivity index (χ1n) is 3.73. The third-order valence-corrected chi connectivity index (χ3v) is 2.35. The lowest BCUT2D eigenvalue weighted by molar-refractivity contribution is 0.905. The molecule has 1 radical (unpaired) electrons. The number of rotatable bonds is 3. The molecule has 0 aliphatic heterocycles. The highest BCUT2D eigenvalue weighted by molar-refractivity contribution is 7.09. The molecule has 1 rings (SSSR count).